The predicted octanol–water partition coefficient (Wildman–Crippen LogP) is 2.67. The molecule has 2 rings (SSSR count). The average Bonchev–Trinajstić information content (AvgIpc) is 2.42. The molecule has 0 amide bonds. The normalized spacial score (nSPS) is 10.4. The number of carbonyl (C=O) groups is 1. The third-order valence-electron chi connectivity index (χ3n) is 3.10. The molecule has 0 aliphatic rings. The second-order valence-electron chi connectivity index (χ2n) is 4.54. The molecule has 0 aliphatic heterocycles. The Morgan fingerprint density at radius 3 is 2.70 bits per heavy atom. The van der Waals surface area contributed by atoms with Gasteiger partial charge in [0.15, 0.2) is 5.78 Å². The summed E-state index contributed by atoms with van der Waals surface area (Å²) >= 11 is 0. The summed E-state index contributed by atoms with van der Waals surface area (Å²) in [4.78, 5) is 20.1. The number of pyridine rings is 2. The first kappa shape index (κ1) is 14.1. The summed E-state index contributed by atoms with van der Waals surface area (Å²) in [5, 5.41) is 0. The molecule has 0 spiro atoms. The highest BCUT2D eigenvalue weighted by atomic mass is 19.1. The molecular weight excluding hydrogens is 259 g/mol. The van der Waals surface area contributed by atoms with Crippen molar-refractivity contribution in [2.45, 2.75) is 20.3 Å². The maximum Gasteiger partial charge on any atom is 0.170 e. The second-order valence-corrected chi connectivity index (χ2v) is 4.54. The van der Waals surface area contributed by atoms with Crippen LogP contribution in [0.15, 0.2) is 24.7 Å². The lowest BCUT2D eigenvalue weighted by atomic mass is 10.0. The highest BCUT2D eigenvalue weighted by molar-refractivity contribution is 5.97. The summed E-state index contributed by atoms with van der Waals surface area (Å²) in [7, 11) is 1.58. The molecule has 0 N–H and O–H groups in total. The Bertz CT molecular complexity index is 656. The van der Waals surface area contributed by atoms with E-state index in [0.717, 1.165) is 23.1 Å². The Hall–Kier alpha value is -2.30. The van der Waals surface area contributed by atoms with E-state index in [1.807, 2.05) is 13.8 Å². The molecule has 0 fully saturated rings. The van der Waals surface area contributed by atoms with Crippen molar-refractivity contribution in [3.05, 3.63) is 52.9 Å². The van der Waals surface area contributed by atoms with Gasteiger partial charge in [0.1, 0.15) is 11.6 Å². The third kappa shape index (κ3) is 2.82. The lowest BCUT2D eigenvalue weighted by molar-refractivity contribution is 0.0991. The highest BCUT2D eigenvalue weighted by Gasteiger charge is 2.14. The van der Waals surface area contributed by atoms with E-state index in [-0.39, 0.29) is 17.8 Å². The SMILES string of the molecule is COc1c(C)cnc(CC(=O)c2cncc(F)c2)c1C. The van der Waals surface area contributed by atoms with Crippen molar-refractivity contribution in [3.8, 4) is 5.75 Å². The number of ether oxygens (including phenoxy) is 1. The fraction of sp³-hybridized carbons (Fsp3) is 0.267. The van der Waals surface area contributed by atoms with E-state index in [1.165, 1.54) is 12.3 Å². The van der Waals surface area contributed by atoms with Gasteiger partial charge in [-0.15, -0.1) is 0 Å². The topological polar surface area (TPSA) is 52.1 Å². The molecule has 0 atom stereocenters. The second kappa shape index (κ2) is 5.77. The molecule has 20 heavy (non-hydrogen) atoms. The number of ketones is 1. The van der Waals surface area contributed by atoms with Gasteiger partial charge >= 0.3 is 0 Å². The highest BCUT2D eigenvalue weighted by Crippen LogP contribution is 2.24. The minimum atomic E-state index is -0.526. The van der Waals surface area contributed by atoms with E-state index in [1.54, 1.807) is 13.3 Å². The van der Waals surface area contributed by atoms with Gasteiger partial charge in [0.25, 0.3) is 0 Å². The fourth-order valence-electron chi connectivity index (χ4n) is 2.07. The van der Waals surface area contributed by atoms with Crippen molar-refractivity contribution in [2.24, 2.45) is 0 Å². The molecule has 0 saturated carbocycles. The van der Waals surface area contributed by atoms with Crippen molar-refractivity contribution in [1.29, 1.82) is 0 Å². The number of hydrogen-bond acceptors (Lipinski definition) is 4. The van der Waals surface area contributed by atoms with Crippen molar-refractivity contribution >= 4 is 5.78 Å². The molecule has 5 heteroatoms. The average molecular weight is 274 g/mol. The first-order valence-corrected chi connectivity index (χ1v) is 6.15. The van der Waals surface area contributed by atoms with E-state index in [0.29, 0.717) is 5.69 Å². The van der Waals surface area contributed by atoms with Crippen molar-refractivity contribution in [3.63, 3.8) is 0 Å². The number of nitrogens with zero attached hydrogens (tertiary/aromatic N) is 2. The summed E-state index contributed by atoms with van der Waals surface area (Å²) in [6.07, 6.45) is 4.17. The Morgan fingerprint density at radius 1 is 1.30 bits per heavy atom. The summed E-state index contributed by atoms with van der Waals surface area (Å²) in [6.45, 7) is 3.74. The monoisotopic (exact) mass is 274 g/mol. The van der Waals surface area contributed by atoms with Crippen LogP contribution in [0.2, 0.25) is 0 Å². The van der Waals surface area contributed by atoms with Gasteiger partial charge in [-0.1, -0.05) is 0 Å². The zero-order valence-corrected chi connectivity index (χ0v) is 11.6. The van der Waals surface area contributed by atoms with Gasteiger partial charge in [0.2, 0.25) is 0 Å². The zero-order chi connectivity index (χ0) is 14.7. The Kier molecular flexibility index (Phi) is 4.08. The quantitative estimate of drug-likeness (QED) is 0.804. The van der Waals surface area contributed by atoms with Crippen LogP contribution < -0.4 is 4.74 Å². The molecule has 0 aromatic carbocycles. The van der Waals surface area contributed by atoms with Gasteiger partial charge in [0, 0.05) is 29.1 Å². The molecule has 2 aromatic rings. The van der Waals surface area contributed by atoms with Crippen LogP contribution in [-0.4, -0.2) is 22.9 Å². The van der Waals surface area contributed by atoms with Crippen LogP contribution in [-0.2, 0) is 6.42 Å². The third-order valence-corrected chi connectivity index (χ3v) is 3.10. The minimum Gasteiger partial charge on any atom is -0.496 e. The number of halogens is 1. The maximum atomic E-state index is 13.1. The molecule has 0 aliphatic carbocycles. The van der Waals surface area contributed by atoms with Gasteiger partial charge in [0.05, 0.1) is 25.4 Å². The Labute approximate surface area is 116 Å². The van der Waals surface area contributed by atoms with Crippen LogP contribution in [0.5, 0.6) is 5.75 Å². The number of hydrogen-bond donors (Lipinski definition) is 0. The number of Topliss-reactive ketones (excluding diaryl/α,β-unsaturated/α-hetero) is 1. The van der Waals surface area contributed by atoms with Gasteiger partial charge in [-0.3, -0.25) is 14.8 Å². The van der Waals surface area contributed by atoms with E-state index < -0.39 is 5.82 Å². The van der Waals surface area contributed by atoms with Crippen LogP contribution in [0.25, 0.3) is 0 Å². The molecule has 0 unspecified atom stereocenters. The van der Waals surface area contributed by atoms with Crippen molar-refractivity contribution in [1.82, 2.24) is 9.97 Å². The number of aromatic nitrogens is 2. The number of rotatable bonds is 4. The van der Waals surface area contributed by atoms with Crippen LogP contribution in [0.1, 0.15) is 27.2 Å². The Balaban J connectivity index is 2.29. The minimum absolute atomic E-state index is 0.0909. The van der Waals surface area contributed by atoms with Gasteiger partial charge in [-0.05, 0) is 19.9 Å². The Morgan fingerprint density at radius 2 is 2.05 bits per heavy atom. The van der Waals surface area contributed by atoms with E-state index in [4.69, 9.17) is 4.74 Å². The molecule has 2 heterocycles. The summed E-state index contributed by atoms with van der Waals surface area (Å²) in [6, 6.07) is 1.18. The number of methoxy groups -OCH3 is 1. The van der Waals surface area contributed by atoms with Crippen molar-refractivity contribution < 1.29 is 13.9 Å². The number of aryl methyl sites for hydroxylation is 1. The van der Waals surface area contributed by atoms with Crippen LogP contribution in [0, 0.1) is 19.7 Å². The largest absolute Gasteiger partial charge is 0.496 e. The lowest BCUT2D eigenvalue weighted by Crippen LogP contribution is -2.09. The van der Waals surface area contributed by atoms with Crippen molar-refractivity contribution in [2.75, 3.05) is 7.11 Å². The molecule has 0 saturated heterocycles. The smallest absolute Gasteiger partial charge is 0.170 e. The molecule has 0 radical (unpaired) electrons. The van der Waals surface area contributed by atoms with Crippen LogP contribution >= 0.6 is 0 Å². The molecular formula is C15H15FN2O2. The van der Waals surface area contributed by atoms with Gasteiger partial charge < -0.3 is 4.74 Å². The molecule has 104 valence electrons. The standard InChI is InChI=1S/C15H15FN2O2/c1-9-6-18-13(10(2)15(9)20-3)5-14(19)11-4-12(16)8-17-7-11/h4,6-8H,5H2,1-3H3. The zero-order valence-electron chi connectivity index (χ0n) is 11.6. The van der Waals surface area contributed by atoms with Gasteiger partial charge in [-0.2, -0.15) is 0 Å². The predicted molar refractivity (Wildman–Crippen MR) is 72.5 cm³/mol. The first-order chi connectivity index (χ1) is 9.52. The molecule has 4 nitrogen and oxygen atoms in total. The maximum absolute atomic E-state index is 13.1. The molecule has 0 bridgehead atoms. The molecule has 2 aromatic heterocycles. The van der Waals surface area contributed by atoms with Crippen LogP contribution in [0.4, 0.5) is 4.39 Å². The summed E-state index contributed by atoms with van der Waals surface area (Å²) < 4.78 is 18.4. The first-order valence-electron chi connectivity index (χ1n) is 6.15. The van der Waals surface area contributed by atoms with E-state index >= 15 is 0 Å². The summed E-state index contributed by atoms with van der Waals surface area (Å²) in [5.41, 5.74) is 2.60. The fourth-order valence-corrected chi connectivity index (χ4v) is 2.07. The van der Waals surface area contributed by atoms with E-state index in [9.17, 15) is 9.18 Å². The summed E-state index contributed by atoms with van der Waals surface area (Å²) in [5.74, 6) is -0.0271. The van der Waals surface area contributed by atoms with E-state index in [2.05, 4.69) is 9.97 Å². The van der Waals surface area contributed by atoms with Gasteiger partial charge in [-0.25, -0.2) is 4.39 Å². The number of carbonyl (C=O) groups excluding carboxylic acids is 1. The lowest BCUT2D eigenvalue weighted by Gasteiger charge is -2.11. The van der Waals surface area contributed by atoms with Crippen LogP contribution in [0.3, 0.4) is 0 Å².